The number of amides is 1. The van der Waals surface area contributed by atoms with Crippen molar-refractivity contribution in [1.82, 2.24) is 10.2 Å². The van der Waals surface area contributed by atoms with Crippen LogP contribution in [0.5, 0.6) is 0 Å². The van der Waals surface area contributed by atoms with E-state index in [0.717, 1.165) is 31.6 Å². The van der Waals surface area contributed by atoms with Crippen LogP contribution >= 0.6 is 23.7 Å². The van der Waals surface area contributed by atoms with E-state index in [-0.39, 0.29) is 24.4 Å². The maximum atomic E-state index is 12.7. The molecule has 2 heterocycles. The zero-order valence-corrected chi connectivity index (χ0v) is 14.3. The average Bonchev–Trinajstić information content (AvgIpc) is 3.09. The molecule has 1 unspecified atom stereocenters. The second-order valence-electron chi connectivity index (χ2n) is 5.33. The lowest BCUT2D eigenvalue weighted by atomic mass is 10.0. The van der Waals surface area contributed by atoms with Gasteiger partial charge in [-0.05, 0) is 29.0 Å². The summed E-state index contributed by atoms with van der Waals surface area (Å²) in [6.07, 6.45) is 1.04. The molecule has 118 valence electrons. The van der Waals surface area contributed by atoms with Crippen LogP contribution in [0.15, 0.2) is 41.1 Å². The highest BCUT2D eigenvalue weighted by molar-refractivity contribution is 7.08. The van der Waals surface area contributed by atoms with Crippen LogP contribution in [0.2, 0.25) is 0 Å². The first-order valence-electron chi connectivity index (χ1n) is 7.42. The summed E-state index contributed by atoms with van der Waals surface area (Å²) in [6.45, 7) is 4.60. The Morgan fingerprint density at radius 2 is 2.09 bits per heavy atom. The summed E-state index contributed by atoms with van der Waals surface area (Å²) in [6, 6.07) is 10.7. The average molecular weight is 337 g/mol. The van der Waals surface area contributed by atoms with E-state index in [2.05, 4.69) is 36.5 Å². The first-order valence-corrected chi connectivity index (χ1v) is 8.36. The molecule has 1 aromatic carbocycles. The second-order valence-corrected chi connectivity index (χ2v) is 6.11. The number of carbonyl (C=O) groups is 1. The third kappa shape index (κ3) is 3.51. The molecular weight excluding hydrogens is 316 g/mol. The summed E-state index contributed by atoms with van der Waals surface area (Å²) < 4.78 is 0. The molecule has 0 spiro atoms. The highest BCUT2D eigenvalue weighted by atomic mass is 35.5. The summed E-state index contributed by atoms with van der Waals surface area (Å²) in [5, 5.41) is 7.29. The van der Waals surface area contributed by atoms with Gasteiger partial charge in [0.1, 0.15) is 0 Å². The molecule has 1 aromatic heterocycles. The number of piperazine rings is 1. The van der Waals surface area contributed by atoms with Gasteiger partial charge in [0.05, 0.1) is 11.6 Å². The van der Waals surface area contributed by atoms with Crippen LogP contribution in [0.1, 0.15) is 34.5 Å². The Morgan fingerprint density at radius 3 is 2.73 bits per heavy atom. The van der Waals surface area contributed by atoms with Crippen molar-refractivity contribution in [2.45, 2.75) is 19.4 Å². The van der Waals surface area contributed by atoms with Gasteiger partial charge in [-0.25, -0.2) is 0 Å². The summed E-state index contributed by atoms with van der Waals surface area (Å²) in [5.74, 6) is 0.141. The molecule has 1 fully saturated rings. The van der Waals surface area contributed by atoms with Gasteiger partial charge >= 0.3 is 0 Å². The van der Waals surface area contributed by atoms with Crippen LogP contribution in [-0.2, 0) is 6.42 Å². The Balaban J connectivity index is 0.00000176. The van der Waals surface area contributed by atoms with Gasteiger partial charge in [0.15, 0.2) is 0 Å². The molecule has 1 amide bonds. The first kappa shape index (κ1) is 17.0. The number of thiophene rings is 1. The Labute approximate surface area is 141 Å². The van der Waals surface area contributed by atoms with Gasteiger partial charge in [0, 0.05) is 25.0 Å². The summed E-state index contributed by atoms with van der Waals surface area (Å²) in [7, 11) is 0. The van der Waals surface area contributed by atoms with E-state index in [0.29, 0.717) is 0 Å². The minimum absolute atomic E-state index is 0. The van der Waals surface area contributed by atoms with Crippen LogP contribution in [0.25, 0.3) is 0 Å². The van der Waals surface area contributed by atoms with E-state index in [1.54, 1.807) is 11.3 Å². The number of aryl methyl sites for hydroxylation is 1. The fourth-order valence-electron chi connectivity index (χ4n) is 2.77. The normalized spacial score (nSPS) is 17.9. The minimum atomic E-state index is 0. The molecule has 0 saturated carbocycles. The Morgan fingerprint density at radius 1 is 1.32 bits per heavy atom. The van der Waals surface area contributed by atoms with Crippen molar-refractivity contribution in [2.75, 3.05) is 19.6 Å². The van der Waals surface area contributed by atoms with E-state index >= 15 is 0 Å². The first-order chi connectivity index (χ1) is 10.3. The van der Waals surface area contributed by atoms with E-state index < -0.39 is 0 Å². The van der Waals surface area contributed by atoms with Crippen molar-refractivity contribution in [1.29, 1.82) is 0 Å². The lowest BCUT2D eigenvalue weighted by Crippen LogP contribution is -2.48. The van der Waals surface area contributed by atoms with Gasteiger partial charge in [-0.3, -0.25) is 4.79 Å². The molecule has 0 radical (unpaired) electrons. The van der Waals surface area contributed by atoms with E-state index in [1.807, 2.05) is 21.7 Å². The maximum Gasteiger partial charge on any atom is 0.255 e. The minimum Gasteiger partial charge on any atom is -0.329 e. The topological polar surface area (TPSA) is 32.3 Å². The standard InChI is InChI=1S/C17H20N2OS.ClH/c1-2-13-3-5-14(6-4-13)16-11-18-8-9-19(16)17(20)15-7-10-21-12-15;/h3-7,10,12,16,18H,2,8-9,11H2,1H3;1H. The molecule has 2 aromatic rings. The molecule has 3 nitrogen and oxygen atoms in total. The van der Waals surface area contributed by atoms with Gasteiger partial charge in [-0.2, -0.15) is 11.3 Å². The van der Waals surface area contributed by atoms with Crippen LogP contribution < -0.4 is 5.32 Å². The van der Waals surface area contributed by atoms with Gasteiger partial charge in [-0.1, -0.05) is 31.2 Å². The zero-order valence-electron chi connectivity index (χ0n) is 12.6. The number of hydrogen-bond acceptors (Lipinski definition) is 3. The molecule has 1 aliphatic rings. The second kappa shape index (κ2) is 7.77. The number of benzene rings is 1. The molecule has 0 bridgehead atoms. The van der Waals surface area contributed by atoms with Crippen molar-refractivity contribution in [3.8, 4) is 0 Å². The molecule has 1 aliphatic heterocycles. The highest BCUT2D eigenvalue weighted by Gasteiger charge is 2.28. The molecule has 1 atom stereocenters. The predicted molar refractivity (Wildman–Crippen MR) is 94.0 cm³/mol. The Hall–Kier alpha value is -1.36. The van der Waals surface area contributed by atoms with Crippen molar-refractivity contribution < 1.29 is 4.79 Å². The van der Waals surface area contributed by atoms with Gasteiger partial charge in [0.2, 0.25) is 0 Å². The van der Waals surface area contributed by atoms with Crippen LogP contribution in [-0.4, -0.2) is 30.4 Å². The smallest absolute Gasteiger partial charge is 0.255 e. The van der Waals surface area contributed by atoms with Crippen LogP contribution in [0, 0.1) is 0 Å². The maximum absolute atomic E-state index is 12.7. The quantitative estimate of drug-likeness (QED) is 0.930. The number of nitrogens with zero attached hydrogens (tertiary/aromatic N) is 1. The Kier molecular flexibility index (Phi) is 6.00. The predicted octanol–water partition coefficient (Wildman–Crippen LogP) is 3.52. The lowest BCUT2D eigenvalue weighted by molar-refractivity contribution is 0.0635. The molecule has 3 rings (SSSR count). The number of halogens is 1. The Bertz CT molecular complexity index is 598. The number of nitrogens with one attached hydrogen (secondary N) is 1. The van der Waals surface area contributed by atoms with E-state index in [9.17, 15) is 4.79 Å². The monoisotopic (exact) mass is 336 g/mol. The number of hydrogen-bond donors (Lipinski definition) is 1. The summed E-state index contributed by atoms with van der Waals surface area (Å²) in [4.78, 5) is 14.7. The molecule has 5 heteroatoms. The van der Waals surface area contributed by atoms with Crippen LogP contribution in [0.3, 0.4) is 0 Å². The van der Waals surface area contributed by atoms with Gasteiger partial charge < -0.3 is 10.2 Å². The molecule has 1 N–H and O–H groups in total. The molecule has 0 aliphatic carbocycles. The van der Waals surface area contributed by atoms with Crippen molar-refractivity contribution in [3.63, 3.8) is 0 Å². The van der Waals surface area contributed by atoms with E-state index in [1.165, 1.54) is 11.1 Å². The molecule has 22 heavy (non-hydrogen) atoms. The highest BCUT2D eigenvalue weighted by Crippen LogP contribution is 2.25. The SMILES string of the molecule is CCc1ccc(C2CNCCN2C(=O)c2ccsc2)cc1.Cl. The van der Waals surface area contributed by atoms with Crippen molar-refractivity contribution in [2.24, 2.45) is 0 Å². The third-order valence-electron chi connectivity index (χ3n) is 4.05. The lowest BCUT2D eigenvalue weighted by Gasteiger charge is -2.36. The van der Waals surface area contributed by atoms with Gasteiger partial charge in [-0.15, -0.1) is 12.4 Å². The summed E-state index contributed by atoms with van der Waals surface area (Å²) in [5.41, 5.74) is 3.35. The van der Waals surface area contributed by atoms with E-state index in [4.69, 9.17) is 0 Å². The number of rotatable bonds is 3. The summed E-state index contributed by atoms with van der Waals surface area (Å²) >= 11 is 1.57. The zero-order chi connectivity index (χ0) is 14.7. The van der Waals surface area contributed by atoms with Crippen LogP contribution in [0.4, 0.5) is 0 Å². The third-order valence-corrected chi connectivity index (χ3v) is 4.73. The number of carbonyl (C=O) groups excluding carboxylic acids is 1. The van der Waals surface area contributed by atoms with Crippen molar-refractivity contribution >= 4 is 29.7 Å². The fourth-order valence-corrected chi connectivity index (χ4v) is 3.40. The fraction of sp³-hybridized carbons (Fsp3) is 0.353. The van der Waals surface area contributed by atoms with Gasteiger partial charge in [0.25, 0.3) is 5.91 Å². The molecule has 1 saturated heterocycles. The van der Waals surface area contributed by atoms with Crippen molar-refractivity contribution in [3.05, 3.63) is 57.8 Å². The largest absolute Gasteiger partial charge is 0.329 e. The molecular formula is C17H21ClN2OS.